The monoisotopic (exact) mass is 327 g/mol. The lowest BCUT2D eigenvalue weighted by Crippen LogP contribution is -2.29. The summed E-state index contributed by atoms with van der Waals surface area (Å²) in [6.07, 6.45) is 1.67. The molecular formula is C17H14ClN3O2. The third-order valence-corrected chi connectivity index (χ3v) is 3.69. The molecular weight excluding hydrogens is 314 g/mol. The highest BCUT2D eigenvalue weighted by Crippen LogP contribution is 2.11. The van der Waals surface area contributed by atoms with Crippen molar-refractivity contribution in [2.45, 2.75) is 13.5 Å². The third kappa shape index (κ3) is 3.40. The summed E-state index contributed by atoms with van der Waals surface area (Å²) in [5, 5.41) is 4.09. The van der Waals surface area contributed by atoms with E-state index in [2.05, 4.69) is 15.3 Å². The van der Waals surface area contributed by atoms with Crippen LogP contribution in [-0.4, -0.2) is 15.9 Å². The molecule has 0 radical (unpaired) electrons. The minimum Gasteiger partial charge on any atom is -0.348 e. The van der Waals surface area contributed by atoms with Gasteiger partial charge in [-0.05, 0) is 42.3 Å². The van der Waals surface area contributed by atoms with Crippen molar-refractivity contribution < 1.29 is 4.79 Å². The van der Waals surface area contributed by atoms with Gasteiger partial charge in [0.05, 0.1) is 0 Å². The van der Waals surface area contributed by atoms with E-state index in [4.69, 9.17) is 11.6 Å². The van der Waals surface area contributed by atoms with E-state index in [1.54, 1.807) is 24.4 Å². The lowest BCUT2D eigenvalue weighted by atomic mass is 10.1. The van der Waals surface area contributed by atoms with Crippen molar-refractivity contribution in [1.29, 1.82) is 0 Å². The zero-order valence-electron chi connectivity index (χ0n) is 12.4. The van der Waals surface area contributed by atoms with Crippen molar-refractivity contribution in [3.63, 3.8) is 0 Å². The molecule has 0 aliphatic carbocycles. The van der Waals surface area contributed by atoms with E-state index in [0.29, 0.717) is 17.2 Å². The first-order valence-corrected chi connectivity index (χ1v) is 7.43. The predicted molar refractivity (Wildman–Crippen MR) is 89.7 cm³/mol. The second-order valence-corrected chi connectivity index (χ2v) is 5.71. The smallest absolute Gasteiger partial charge is 0.262 e. The highest BCUT2D eigenvalue weighted by molar-refractivity contribution is 6.30. The van der Waals surface area contributed by atoms with Gasteiger partial charge in [-0.25, -0.2) is 4.98 Å². The maximum atomic E-state index is 12.3. The first kappa shape index (κ1) is 15.2. The largest absolute Gasteiger partial charge is 0.348 e. The molecule has 0 atom stereocenters. The van der Waals surface area contributed by atoms with E-state index in [1.807, 2.05) is 25.1 Å². The van der Waals surface area contributed by atoms with E-state index in [-0.39, 0.29) is 5.56 Å². The number of carbonyl (C=O) groups is 1. The Bertz CT molecular complexity index is 933. The topological polar surface area (TPSA) is 74.8 Å². The molecule has 5 nitrogen and oxygen atoms in total. The van der Waals surface area contributed by atoms with Crippen LogP contribution >= 0.6 is 11.6 Å². The van der Waals surface area contributed by atoms with Gasteiger partial charge < -0.3 is 10.3 Å². The van der Waals surface area contributed by atoms with Gasteiger partial charge in [0.1, 0.15) is 11.2 Å². The number of nitrogens with zero attached hydrogens (tertiary/aromatic N) is 1. The van der Waals surface area contributed by atoms with Crippen LogP contribution in [0.4, 0.5) is 0 Å². The van der Waals surface area contributed by atoms with Gasteiger partial charge in [-0.1, -0.05) is 23.7 Å². The van der Waals surface area contributed by atoms with Crippen molar-refractivity contribution in [3.8, 4) is 0 Å². The summed E-state index contributed by atoms with van der Waals surface area (Å²) in [7, 11) is 0. The molecule has 2 aromatic heterocycles. The van der Waals surface area contributed by atoms with Crippen molar-refractivity contribution in [1.82, 2.24) is 15.3 Å². The fourth-order valence-electron chi connectivity index (χ4n) is 2.25. The number of pyridine rings is 2. The molecule has 0 unspecified atom stereocenters. The molecule has 0 aliphatic rings. The fourth-order valence-corrected chi connectivity index (χ4v) is 2.38. The van der Waals surface area contributed by atoms with E-state index < -0.39 is 11.5 Å². The maximum absolute atomic E-state index is 12.3. The number of rotatable bonds is 3. The van der Waals surface area contributed by atoms with Gasteiger partial charge in [-0.15, -0.1) is 0 Å². The lowest BCUT2D eigenvalue weighted by Gasteiger charge is -2.06. The van der Waals surface area contributed by atoms with Gasteiger partial charge in [0.2, 0.25) is 0 Å². The number of aryl methyl sites for hydroxylation is 1. The van der Waals surface area contributed by atoms with Crippen LogP contribution in [0, 0.1) is 6.92 Å². The van der Waals surface area contributed by atoms with Crippen LogP contribution in [0.2, 0.25) is 5.02 Å². The molecule has 1 amide bonds. The summed E-state index contributed by atoms with van der Waals surface area (Å²) in [4.78, 5) is 31.1. The fraction of sp³-hybridized carbons (Fsp3) is 0.118. The Balaban J connectivity index is 1.84. The minimum absolute atomic E-state index is 0.0684. The quantitative estimate of drug-likeness (QED) is 0.776. The zero-order valence-corrected chi connectivity index (χ0v) is 13.1. The molecule has 2 N–H and O–H groups in total. The lowest BCUT2D eigenvalue weighted by molar-refractivity contribution is 0.0949. The average Bonchev–Trinajstić information content (AvgIpc) is 2.54. The Morgan fingerprint density at radius 3 is 2.74 bits per heavy atom. The SMILES string of the molecule is Cc1cnc2[nH]c(=O)c(C(=O)NCc3ccc(Cl)cc3)cc2c1. The number of fused-ring (bicyclic) bond motifs is 1. The molecule has 3 rings (SSSR count). The number of hydrogen-bond donors (Lipinski definition) is 2. The van der Waals surface area contributed by atoms with Crippen LogP contribution in [0.25, 0.3) is 11.0 Å². The average molecular weight is 328 g/mol. The van der Waals surface area contributed by atoms with Gasteiger partial charge >= 0.3 is 0 Å². The van der Waals surface area contributed by atoms with Crippen molar-refractivity contribution in [2.75, 3.05) is 0 Å². The minimum atomic E-state index is -0.456. The Hall–Kier alpha value is -2.66. The molecule has 0 saturated heterocycles. The first-order chi connectivity index (χ1) is 11.0. The molecule has 0 spiro atoms. The van der Waals surface area contributed by atoms with Crippen molar-refractivity contribution in [2.24, 2.45) is 0 Å². The van der Waals surface area contributed by atoms with E-state index in [9.17, 15) is 9.59 Å². The molecule has 0 saturated carbocycles. The molecule has 2 heterocycles. The van der Waals surface area contributed by atoms with E-state index in [1.165, 1.54) is 0 Å². The second-order valence-electron chi connectivity index (χ2n) is 5.27. The molecule has 0 bridgehead atoms. The van der Waals surface area contributed by atoms with Crippen LogP contribution in [0.1, 0.15) is 21.5 Å². The summed E-state index contributed by atoms with van der Waals surface area (Å²) >= 11 is 5.82. The standard InChI is InChI=1S/C17H14ClN3O2/c1-10-6-12-7-14(17(23)21-15(12)19-8-10)16(22)20-9-11-2-4-13(18)5-3-11/h2-8H,9H2,1H3,(H,20,22)(H,19,21,23). The number of carbonyl (C=O) groups excluding carboxylic acids is 1. The number of benzene rings is 1. The Kier molecular flexibility index (Phi) is 4.12. The summed E-state index contributed by atoms with van der Waals surface area (Å²) in [5.41, 5.74) is 1.94. The number of aromatic amines is 1. The van der Waals surface area contributed by atoms with Gasteiger partial charge in [0, 0.05) is 23.2 Å². The Labute approximate surface area is 137 Å². The van der Waals surface area contributed by atoms with Crippen molar-refractivity contribution in [3.05, 3.63) is 74.7 Å². The number of amides is 1. The molecule has 6 heteroatoms. The molecule has 116 valence electrons. The van der Waals surface area contributed by atoms with E-state index in [0.717, 1.165) is 16.5 Å². The number of aromatic nitrogens is 2. The van der Waals surface area contributed by atoms with Crippen LogP contribution in [0.5, 0.6) is 0 Å². The number of H-pyrrole nitrogens is 1. The Morgan fingerprint density at radius 2 is 2.00 bits per heavy atom. The number of halogens is 1. The molecule has 0 fully saturated rings. The van der Waals surface area contributed by atoms with Gasteiger partial charge in [0.25, 0.3) is 11.5 Å². The molecule has 1 aromatic carbocycles. The van der Waals surface area contributed by atoms with Gasteiger partial charge in [-0.3, -0.25) is 9.59 Å². The maximum Gasteiger partial charge on any atom is 0.262 e. The van der Waals surface area contributed by atoms with Crippen LogP contribution in [0.15, 0.2) is 47.4 Å². The summed E-state index contributed by atoms with van der Waals surface area (Å²) in [6.45, 7) is 2.22. The summed E-state index contributed by atoms with van der Waals surface area (Å²) in [5.74, 6) is -0.426. The molecule has 23 heavy (non-hydrogen) atoms. The third-order valence-electron chi connectivity index (χ3n) is 3.44. The highest BCUT2D eigenvalue weighted by Gasteiger charge is 2.12. The van der Waals surface area contributed by atoms with Crippen LogP contribution in [0.3, 0.4) is 0 Å². The van der Waals surface area contributed by atoms with Gasteiger partial charge in [0.15, 0.2) is 0 Å². The predicted octanol–water partition coefficient (Wildman–Crippen LogP) is 2.81. The highest BCUT2D eigenvalue weighted by atomic mass is 35.5. The number of hydrogen-bond acceptors (Lipinski definition) is 3. The molecule has 0 aliphatic heterocycles. The number of nitrogens with one attached hydrogen (secondary N) is 2. The Morgan fingerprint density at radius 1 is 1.26 bits per heavy atom. The van der Waals surface area contributed by atoms with Gasteiger partial charge in [-0.2, -0.15) is 0 Å². The second kappa shape index (κ2) is 6.22. The van der Waals surface area contributed by atoms with Crippen LogP contribution in [-0.2, 0) is 6.54 Å². The summed E-state index contributed by atoms with van der Waals surface area (Å²) < 4.78 is 0. The summed E-state index contributed by atoms with van der Waals surface area (Å²) in [6, 6.07) is 10.6. The van der Waals surface area contributed by atoms with Crippen molar-refractivity contribution >= 4 is 28.5 Å². The zero-order chi connectivity index (χ0) is 16.4. The normalized spacial score (nSPS) is 10.7. The van der Waals surface area contributed by atoms with E-state index >= 15 is 0 Å². The molecule has 3 aromatic rings. The first-order valence-electron chi connectivity index (χ1n) is 7.05. The van der Waals surface area contributed by atoms with Crippen LogP contribution < -0.4 is 10.9 Å².